The molecule has 0 aliphatic heterocycles. The Morgan fingerprint density at radius 2 is 1.47 bits per heavy atom. The van der Waals surface area contributed by atoms with E-state index in [4.69, 9.17) is 31.4 Å². The summed E-state index contributed by atoms with van der Waals surface area (Å²) in [5.74, 6) is 3.56. The number of allylic oxidation sites excluding steroid dienone is 1. The highest BCUT2D eigenvalue weighted by Crippen LogP contribution is 2.69. The second kappa shape index (κ2) is 24.8. The van der Waals surface area contributed by atoms with Gasteiger partial charge in [-0.25, -0.2) is 0 Å². The highest BCUT2D eigenvalue weighted by atomic mass is 16.5. The summed E-state index contributed by atoms with van der Waals surface area (Å²) in [6, 6.07) is 0. The third-order valence-corrected chi connectivity index (χ3v) is 15.9. The average Bonchev–Trinajstić information content (AvgIpc) is 3.56. The molecule has 0 heterocycles. The van der Waals surface area contributed by atoms with Crippen molar-refractivity contribution in [3.63, 3.8) is 0 Å². The predicted octanol–water partition coefficient (Wildman–Crippen LogP) is 8.69. The van der Waals surface area contributed by atoms with Crippen molar-refractivity contribution in [1.29, 1.82) is 0 Å². The Balaban J connectivity index is 1.52. The fourth-order valence-electron chi connectivity index (χ4n) is 12.6. The van der Waals surface area contributed by atoms with Crippen molar-refractivity contribution in [2.45, 2.75) is 169 Å². The van der Waals surface area contributed by atoms with Gasteiger partial charge in [-0.3, -0.25) is 4.79 Å². The van der Waals surface area contributed by atoms with Crippen molar-refractivity contribution >= 4 is 5.91 Å². The third-order valence-electron chi connectivity index (χ3n) is 15.9. The molecule has 0 aromatic heterocycles. The number of nitrogens with zero attached hydrogens (tertiary/aromatic N) is 2. The Kier molecular flexibility index (Phi) is 21.0. The largest absolute Gasteiger partial charge is 0.378 e. The van der Waals surface area contributed by atoms with E-state index in [1.807, 2.05) is 13.0 Å². The van der Waals surface area contributed by atoms with E-state index in [2.05, 4.69) is 50.7 Å². The molecule has 4 saturated carbocycles. The zero-order valence-electron chi connectivity index (χ0n) is 38.2. The number of ether oxygens (including phenoxy) is 3. The van der Waals surface area contributed by atoms with Crippen molar-refractivity contribution in [2.24, 2.45) is 63.5 Å². The van der Waals surface area contributed by atoms with Gasteiger partial charge in [-0.2, -0.15) is 0 Å². The Morgan fingerprint density at radius 3 is 2.14 bits per heavy atom. The van der Waals surface area contributed by atoms with Crippen LogP contribution >= 0.6 is 0 Å². The van der Waals surface area contributed by atoms with Crippen molar-refractivity contribution in [1.82, 2.24) is 9.80 Å². The van der Waals surface area contributed by atoms with Crippen LogP contribution in [0, 0.1) is 46.3 Å². The molecule has 0 aromatic carbocycles. The van der Waals surface area contributed by atoms with Crippen molar-refractivity contribution < 1.29 is 19.0 Å². The molecule has 0 saturated heterocycles. The molecule has 0 radical (unpaired) electrons. The molecule has 9 heteroatoms. The van der Waals surface area contributed by atoms with Crippen LogP contribution in [-0.4, -0.2) is 99.7 Å². The topological polar surface area (TPSA) is 129 Å². The maximum atomic E-state index is 13.9. The number of rotatable bonds is 29. The van der Waals surface area contributed by atoms with Crippen molar-refractivity contribution in [3.8, 4) is 0 Å². The third kappa shape index (κ3) is 12.6. The summed E-state index contributed by atoms with van der Waals surface area (Å²) in [5, 5.41) is 0. The van der Waals surface area contributed by atoms with Gasteiger partial charge in [-0.15, -0.1) is 6.58 Å². The van der Waals surface area contributed by atoms with Gasteiger partial charge in [0, 0.05) is 50.6 Å². The first-order valence-electron chi connectivity index (χ1n) is 24.2. The molecule has 1 amide bonds. The molecule has 0 aromatic rings. The number of hydrogen-bond acceptors (Lipinski definition) is 8. The fourth-order valence-corrected chi connectivity index (χ4v) is 12.6. The fraction of sp³-hybridized carbons (Fsp3) is 0.898. The van der Waals surface area contributed by atoms with Gasteiger partial charge in [0.05, 0.1) is 24.9 Å². The maximum absolute atomic E-state index is 13.9. The minimum atomic E-state index is 0.0665. The second-order valence-corrected chi connectivity index (χ2v) is 19.6. The van der Waals surface area contributed by atoms with E-state index >= 15 is 0 Å². The Hall–Kier alpha value is -1.49. The van der Waals surface area contributed by atoms with E-state index in [1.54, 1.807) is 0 Å². The van der Waals surface area contributed by atoms with Crippen LogP contribution in [0.15, 0.2) is 24.9 Å². The van der Waals surface area contributed by atoms with Gasteiger partial charge in [0.2, 0.25) is 5.91 Å². The van der Waals surface area contributed by atoms with Gasteiger partial charge in [-0.1, -0.05) is 72.5 Å². The first-order valence-corrected chi connectivity index (χ1v) is 24.2. The Morgan fingerprint density at radius 1 is 0.810 bits per heavy atom. The van der Waals surface area contributed by atoms with Gasteiger partial charge in [0.1, 0.15) is 0 Å². The lowest BCUT2D eigenvalue weighted by Crippen LogP contribution is -2.63. The minimum Gasteiger partial charge on any atom is -0.378 e. The van der Waals surface area contributed by atoms with E-state index in [1.165, 1.54) is 51.4 Å². The predicted molar refractivity (Wildman–Crippen MR) is 241 cm³/mol. The molecule has 4 aliphatic rings. The summed E-state index contributed by atoms with van der Waals surface area (Å²) in [6.45, 7) is 27.0. The molecule has 11 atom stereocenters. The van der Waals surface area contributed by atoms with E-state index in [0.29, 0.717) is 74.3 Å². The highest BCUT2D eigenvalue weighted by molar-refractivity contribution is 5.78. The average molecular weight is 814 g/mol. The number of carbonyl (C=O) groups excluding carboxylic acids is 1. The van der Waals surface area contributed by atoms with Crippen LogP contribution < -0.4 is 17.2 Å². The lowest BCUT2D eigenvalue weighted by molar-refractivity contribution is -0.227. The van der Waals surface area contributed by atoms with Crippen molar-refractivity contribution in [3.05, 3.63) is 24.9 Å². The summed E-state index contributed by atoms with van der Waals surface area (Å²) in [5.41, 5.74) is 19.1. The maximum Gasteiger partial charge on any atom is 0.242 e. The molecule has 9 nitrogen and oxygen atoms in total. The molecule has 4 fully saturated rings. The first-order chi connectivity index (χ1) is 28.0. The quantitative estimate of drug-likeness (QED) is 0.0506. The number of unbranched alkanes of at least 4 members (excludes halogenated alkanes) is 5. The molecule has 58 heavy (non-hydrogen) atoms. The molecule has 2 unspecified atom stereocenters. The number of amides is 1. The minimum absolute atomic E-state index is 0.0665. The lowest BCUT2D eigenvalue weighted by Gasteiger charge is -2.65. The van der Waals surface area contributed by atoms with Gasteiger partial charge < -0.3 is 41.2 Å². The lowest BCUT2D eigenvalue weighted by atomic mass is 9.43. The normalized spacial score (nSPS) is 32.2. The number of fused-ring (bicyclic) bond motifs is 5. The van der Waals surface area contributed by atoms with Gasteiger partial charge in [0.25, 0.3) is 0 Å². The van der Waals surface area contributed by atoms with E-state index in [9.17, 15) is 4.79 Å². The molecule has 336 valence electrons. The first kappa shape index (κ1) is 49.2. The molecular formula is C49H91N5O4. The molecular weight excluding hydrogens is 723 g/mol. The van der Waals surface area contributed by atoms with E-state index in [0.717, 1.165) is 103 Å². The van der Waals surface area contributed by atoms with Gasteiger partial charge in [-0.05, 0) is 151 Å². The summed E-state index contributed by atoms with van der Waals surface area (Å²) in [7, 11) is 0. The van der Waals surface area contributed by atoms with Crippen LogP contribution in [0.5, 0.6) is 0 Å². The number of nitrogens with two attached hydrogens (primary N) is 3. The molecule has 6 N–H and O–H groups in total. The van der Waals surface area contributed by atoms with Crippen molar-refractivity contribution in [2.75, 3.05) is 65.6 Å². The van der Waals surface area contributed by atoms with Crippen LogP contribution in [0.25, 0.3) is 0 Å². The zero-order chi connectivity index (χ0) is 42.1. The molecule has 4 rings (SSSR count). The van der Waals surface area contributed by atoms with E-state index in [-0.39, 0.29) is 28.9 Å². The summed E-state index contributed by atoms with van der Waals surface area (Å²) < 4.78 is 20.5. The summed E-state index contributed by atoms with van der Waals surface area (Å²) >= 11 is 0. The smallest absolute Gasteiger partial charge is 0.242 e. The van der Waals surface area contributed by atoms with E-state index < -0.39 is 0 Å². The highest BCUT2D eigenvalue weighted by Gasteiger charge is 2.66. The zero-order valence-corrected chi connectivity index (χ0v) is 38.2. The summed E-state index contributed by atoms with van der Waals surface area (Å²) in [6.07, 6.45) is 23.1. The van der Waals surface area contributed by atoms with Crippen LogP contribution in [-0.2, 0) is 19.0 Å². The number of carbonyl (C=O) groups is 1. The summed E-state index contributed by atoms with van der Waals surface area (Å²) in [4.78, 5) is 18.1. The SMILES string of the molecule is C=CCN(CC(=O)N(CCCCCCCC)CCC[C@@H](C)[C@H]1CC[C@H]2C3[C@H](OCCCN)CC4C[C@H](OCCCN)CC[C@]4(C)[C@H]3C[C@H](OCCCN)[C@]12C)C(=C)C. The monoisotopic (exact) mass is 814 g/mol. The van der Waals surface area contributed by atoms with Crippen LogP contribution in [0.2, 0.25) is 0 Å². The standard InChI is InChI=1S/C49H91N5O4/c1-8-10-11-12-13-14-28-53(46(55)36-54(27-9-2)37(3)4)29-15-19-38(5)41-20-21-42-47-43(35-45(49(41,42)7)58-32-18-26-52)48(6)23-22-40(56-30-16-24-50)33-39(48)34-44(47)57-31-17-25-51/h9,38-45,47H,2-3,8,10-36,50-52H2,1,4-7H3/t38-,39?,40-,41-,42+,43+,44-,45+,47?,48+,49-/m1/s1. The molecule has 0 spiro atoms. The molecule has 4 aliphatic carbocycles. The Bertz CT molecular complexity index is 1220. The van der Waals surface area contributed by atoms with Gasteiger partial charge >= 0.3 is 0 Å². The Labute approximate surface area is 356 Å². The number of hydrogen-bond donors (Lipinski definition) is 3. The van der Waals surface area contributed by atoms with Crippen LogP contribution in [0.4, 0.5) is 0 Å². The second-order valence-electron chi connectivity index (χ2n) is 19.6. The van der Waals surface area contributed by atoms with Gasteiger partial charge in [0.15, 0.2) is 0 Å². The van der Waals surface area contributed by atoms with Crippen LogP contribution in [0.3, 0.4) is 0 Å². The van der Waals surface area contributed by atoms with Crippen LogP contribution in [0.1, 0.15) is 150 Å². The molecule has 0 bridgehead atoms.